The number of benzene rings is 2. The first-order valence-corrected chi connectivity index (χ1v) is 27.8. The molecule has 5 N–H and O–H groups in total. The first kappa shape index (κ1) is 59.1. The topological polar surface area (TPSA) is 312 Å². The number of aliphatic imine (C=N–C) groups is 1. The highest BCUT2D eigenvalue weighted by Gasteiger charge is 2.42. The molecule has 0 radical (unpaired) electrons. The molecular formula is C57H65N7O17S. The Morgan fingerprint density at radius 2 is 1.66 bits per heavy atom. The zero-order valence-electron chi connectivity index (χ0n) is 45.6. The number of nitrogens with two attached hydrogens (primary N) is 1. The normalized spacial score (nSPS) is 19.6. The Labute approximate surface area is 474 Å². The third kappa shape index (κ3) is 13.4. The molecule has 4 aliphatic heterocycles. The van der Waals surface area contributed by atoms with Gasteiger partial charge in [-0.3, -0.25) is 29.1 Å². The number of amides is 3. The van der Waals surface area contributed by atoms with Crippen molar-refractivity contribution >= 4 is 74.1 Å². The third-order valence-electron chi connectivity index (χ3n) is 14.4. The van der Waals surface area contributed by atoms with Crippen molar-refractivity contribution in [2.45, 2.75) is 103 Å². The number of aromatic nitrogens is 2. The van der Waals surface area contributed by atoms with Crippen LogP contribution in [0.15, 0.2) is 75.6 Å². The molecule has 3 aromatic heterocycles. The van der Waals surface area contributed by atoms with Gasteiger partial charge in [-0.2, -0.15) is 5.10 Å². The van der Waals surface area contributed by atoms with Crippen LogP contribution in [-0.2, 0) is 85.1 Å². The van der Waals surface area contributed by atoms with E-state index in [-0.39, 0.29) is 107 Å². The van der Waals surface area contributed by atoms with Gasteiger partial charge in [-0.15, -0.1) is 11.3 Å². The molecule has 0 saturated carbocycles. The number of para-hydroxylation sites is 1. The second-order valence-corrected chi connectivity index (χ2v) is 21.1. The molecule has 3 amide bonds. The quantitative estimate of drug-likeness (QED) is 0.0142. The summed E-state index contributed by atoms with van der Waals surface area (Å²) in [7, 11) is 0. The lowest BCUT2D eigenvalue weighted by atomic mass is 9.90. The highest BCUT2D eigenvalue weighted by atomic mass is 32.1. The SMILES string of the molecule is CC[C@@H]1C(=O)OCc2c1cc1n(c2=O)Cc2c-1nc1ccccc1c2CCN(C(=O)OCc1ccc(O[C@@H]2O[C@H](C(=O)O)C[C@H](O)[C@H]2O)c2cc(CN=CC(COCCOCCOCCOCCN3C(=O)C=CC3=O)=NN)sc12)C(C)C. The number of carbonyl (C=O) groups is 5. The molecule has 5 atom stereocenters. The lowest BCUT2D eigenvalue weighted by Crippen LogP contribution is -2.52. The number of aliphatic hydroxyl groups excluding tert-OH is 2. The minimum Gasteiger partial charge on any atom is -0.479 e. The number of aliphatic hydroxyl groups is 2. The lowest BCUT2D eigenvalue weighted by Gasteiger charge is -2.35. The van der Waals surface area contributed by atoms with Gasteiger partial charge in [-0.1, -0.05) is 31.2 Å². The molecule has 1 fully saturated rings. The summed E-state index contributed by atoms with van der Waals surface area (Å²) in [5, 5.41) is 36.3. The van der Waals surface area contributed by atoms with Gasteiger partial charge in [-0.25, -0.2) is 14.6 Å². The summed E-state index contributed by atoms with van der Waals surface area (Å²) in [5.41, 5.74) is 5.70. The van der Waals surface area contributed by atoms with Crippen molar-refractivity contribution in [3.05, 3.63) is 104 Å². The number of esters is 1. The Morgan fingerprint density at radius 1 is 0.939 bits per heavy atom. The summed E-state index contributed by atoms with van der Waals surface area (Å²) in [6, 6.07) is 14.4. The van der Waals surface area contributed by atoms with Crippen LogP contribution in [0.1, 0.15) is 72.2 Å². The van der Waals surface area contributed by atoms with Crippen molar-refractivity contribution in [1.29, 1.82) is 0 Å². The van der Waals surface area contributed by atoms with Gasteiger partial charge in [0, 0.05) is 68.9 Å². The maximum absolute atomic E-state index is 14.2. The average molecular weight is 1150 g/mol. The molecule has 5 aromatic rings. The Hall–Kier alpha value is -7.49. The molecule has 4 aliphatic rings. The van der Waals surface area contributed by atoms with Crippen LogP contribution < -0.4 is 16.1 Å². The first-order valence-electron chi connectivity index (χ1n) is 27.0. The van der Waals surface area contributed by atoms with E-state index < -0.39 is 42.6 Å². The minimum atomic E-state index is -1.56. The molecule has 0 spiro atoms. The Balaban J connectivity index is 0.831. The number of thiophene rings is 1. The molecule has 7 heterocycles. The monoisotopic (exact) mass is 1150 g/mol. The van der Waals surface area contributed by atoms with Crippen molar-refractivity contribution in [2.75, 3.05) is 65.9 Å². The number of hydrogen-bond acceptors (Lipinski definition) is 21. The van der Waals surface area contributed by atoms with Crippen LogP contribution in [0.3, 0.4) is 0 Å². The zero-order chi connectivity index (χ0) is 58.0. The van der Waals surface area contributed by atoms with Gasteiger partial charge in [0.25, 0.3) is 17.4 Å². The molecule has 436 valence electrons. The number of cyclic esters (lactones) is 1. The maximum atomic E-state index is 14.2. The summed E-state index contributed by atoms with van der Waals surface area (Å²) < 4.78 is 47.7. The molecule has 0 unspecified atom stereocenters. The molecule has 2 aromatic carbocycles. The lowest BCUT2D eigenvalue weighted by molar-refractivity contribution is -0.237. The van der Waals surface area contributed by atoms with E-state index >= 15 is 0 Å². The predicted octanol–water partition coefficient (Wildman–Crippen LogP) is 3.96. The van der Waals surface area contributed by atoms with E-state index in [4.69, 9.17) is 48.7 Å². The number of carbonyl (C=O) groups excluding carboxylic acids is 4. The van der Waals surface area contributed by atoms with Crippen molar-refractivity contribution in [1.82, 2.24) is 19.4 Å². The second kappa shape index (κ2) is 27.1. The zero-order valence-corrected chi connectivity index (χ0v) is 46.4. The number of rotatable bonds is 27. The number of carboxylic acids is 1. The van der Waals surface area contributed by atoms with E-state index in [1.807, 2.05) is 51.1 Å². The van der Waals surface area contributed by atoms with Crippen LogP contribution in [0.4, 0.5) is 4.79 Å². The Morgan fingerprint density at radius 3 is 2.37 bits per heavy atom. The molecule has 1 saturated heterocycles. The van der Waals surface area contributed by atoms with Gasteiger partial charge in [0.1, 0.15) is 30.8 Å². The predicted molar refractivity (Wildman–Crippen MR) is 297 cm³/mol. The third-order valence-corrected chi connectivity index (χ3v) is 15.6. The molecular weight excluding hydrogens is 1090 g/mol. The second-order valence-electron chi connectivity index (χ2n) is 20.0. The van der Waals surface area contributed by atoms with Gasteiger partial charge in [0.05, 0.1) is 107 Å². The number of imide groups is 1. The fourth-order valence-electron chi connectivity index (χ4n) is 10.1. The number of fused-ring (bicyclic) bond motifs is 6. The van der Waals surface area contributed by atoms with Gasteiger partial charge in [-0.05, 0) is 62.1 Å². The van der Waals surface area contributed by atoms with Crippen LogP contribution >= 0.6 is 11.3 Å². The molecule has 0 bridgehead atoms. The van der Waals surface area contributed by atoms with Crippen molar-refractivity contribution < 1.29 is 77.2 Å². The smallest absolute Gasteiger partial charge is 0.410 e. The standard InChI is InChI=1S/C57H65N7O17S/c1-4-36-39-24-44-50-41(28-64(44)53(69)42(39)31-78-55(36)72)37(38-7-5-6-8-43(38)60-50)13-14-62(32(2)3)57(73)79-29-33-9-10-46(80-56-51(68)45(65)25-47(81-56)54(70)71)40-23-35(82-52(33)40)27-59-26-34(61-58)30-77-22-21-76-20-19-75-18-17-74-16-15-63-48(66)11-12-49(63)67/h5-12,23-24,26,32,36,45,47,51,56,65,68H,4,13-22,25,27-31,58H2,1-3H3,(H,70,71)/t36-,45-,47-,51+,56+/m0/s1. The molecule has 9 rings (SSSR count). The number of hydrazone groups is 1. The highest BCUT2D eigenvalue weighted by Crippen LogP contribution is 2.41. The van der Waals surface area contributed by atoms with E-state index in [9.17, 15) is 44.1 Å². The number of carboxylic acid groups (broad SMARTS) is 1. The Bertz CT molecular complexity index is 3340. The van der Waals surface area contributed by atoms with Crippen LogP contribution in [-0.4, -0.2) is 173 Å². The fraction of sp³-hybridized carbons (Fsp3) is 0.456. The van der Waals surface area contributed by atoms with E-state index in [1.165, 1.54) is 29.7 Å². The number of pyridine rings is 2. The number of nitrogens with zero attached hydrogens (tertiary/aromatic N) is 6. The summed E-state index contributed by atoms with van der Waals surface area (Å²) in [4.78, 5) is 89.1. The van der Waals surface area contributed by atoms with Crippen molar-refractivity contribution in [3.8, 4) is 17.1 Å². The minimum absolute atomic E-state index is 0.0420. The van der Waals surface area contributed by atoms with Gasteiger partial charge in [0.2, 0.25) is 6.29 Å². The molecule has 82 heavy (non-hydrogen) atoms. The largest absolute Gasteiger partial charge is 0.479 e. The average Bonchev–Trinajstić information content (AvgIpc) is 2.79. The number of aliphatic carboxylic acids is 1. The van der Waals surface area contributed by atoms with E-state index in [0.717, 1.165) is 31.8 Å². The van der Waals surface area contributed by atoms with Crippen LogP contribution in [0, 0.1) is 0 Å². The summed E-state index contributed by atoms with van der Waals surface area (Å²) in [6.45, 7) is 8.25. The molecule has 0 aliphatic carbocycles. The summed E-state index contributed by atoms with van der Waals surface area (Å²) >= 11 is 1.34. The number of ether oxygens (including phenoxy) is 8. The number of hydrogen-bond donors (Lipinski definition) is 4. The summed E-state index contributed by atoms with van der Waals surface area (Å²) in [6.07, 6.45) is -2.04. The van der Waals surface area contributed by atoms with Gasteiger partial charge < -0.3 is 68.5 Å². The fourth-order valence-corrected chi connectivity index (χ4v) is 11.3. The van der Waals surface area contributed by atoms with Crippen LogP contribution in [0.5, 0.6) is 5.75 Å². The van der Waals surface area contributed by atoms with Crippen LogP contribution in [0.2, 0.25) is 0 Å². The summed E-state index contributed by atoms with van der Waals surface area (Å²) in [5.74, 6) is 2.94. The van der Waals surface area contributed by atoms with Crippen molar-refractivity contribution in [2.24, 2.45) is 15.9 Å². The van der Waals surface area contributed by atoms with E-state index in [1.54, 1.807) is 27.7 Å². The van der Waals surface area contributed by atoms with E-state index in [2.05, 4.69) is 10.1 Å². The van der Waals surface area contributed by atoms with Gasteiger partial charge in [0.15, 0.2) is 6.10 Å². The highest BCUT2D eigenvalue weighted by molar-refractivity contribution is 7.19. The maximum Gasteiger partial charge on any atom is 0.410 e. The van der Waals surface area contributed by atoms with Crippen LogP contribution in [0.25, 0.3) is 32.4 Å². The van der Waals surface area contributed by atoms with Crippen molar-refractivity contribution in [3.63, 3.8) is 0 Å². The Kier molecular flexibility index (Phi) is 19.5. The van der Waals surface area contributed by atoms with Gasteiger partial charge >= 0.3 is 18.0 Å². The molecule has 24 nitrogen and oxygen atoms in total. The first-order chi connectivity index (χ1) is 39.6. The van der Waals surface area contributed by atoms with E-state index in [0.29, 0.717) is 83.1 Å². The molecule has 25 heteroatoms.